The fourth-order valence-electron chi connectivity index (χ4n) is 4.76. The second kappa shape index (κ2) is 4.69. The summed E-state index contributed by atoms with van der Waals surface area (Å²) < 4.78 is 34.2. The van der Waals surface area contributed by atoms with Gasteiger partial charge in [-0.05, 0) is 18.9 Å². The number of carbonyl (C=O) groups excluding carboxylic acids is 1. The molecular formula is C18H18ClF2N3O2. The van der Waals surface area contributed by atoms with Crippen LogP contribution in [0.3, 0.4) is 0 Å². The first-order valence-electron chi connectivity index (χ1n) is 9.06. The van der Waals surface area contributed by atoms with E-state index in [0.717, 1.165) is 12.8 Å². The molecule has 4 fully saturated rings. The van der Waals surface area contributed by atoms with Crippen molar-refractivity contribution in [1.29, 1.82) is 0 Å². The van der Waals surface area contributed by atoms with Crippen LogP contribution >= 0.6 is 11.6 Å². The fourth-order valence-corrected chi connectivity index (χ4v) is 5.17. The molecule has 5 nitrogen and oxygen atoms in total. The van der Waals surface area contributed by atoms with E-state index in [1.165, 1.54) is 6.07 Å². The highest BCUT2D eigenvalue weighted by molar-refractivity contribution is 6.37. The van der Waals surface area contributed by atoms with Gasteiger partial charge in [0.25, 0.3) is 0 Å². The second-order valence-corrected chi connectivity index (χ2v) is 8.68. The van der Waals surface area contributed by atoms with Crippen LogP contribution in [0.15, 0.2) is 6.07 Å². The summed E-state index contributed by atoms with van der Waals surface area (Å²) in [6.45, 7) is 1.19. The Hall–Kier alpha value is -1.44. The molecule has 1 aromatic carbocycles. The number of anilines is 2. The van der Waals surface area contributed by atoms with Gasteiger partial charge in [0.2, 0.25) is 0 Å². The SMILES string of the molecule is NC1CN(c2c(F)cc3c(c2Cl)N(C2CC2F)C2OC2C3=O)CC12CC2. The molecule has 5 unspecified atom stereocenters. The summed E-state index contributed by atoms with van der Waals surface area (Å²) in [6, 6.07) is 0.868. The number of epoxide rings is 1. The highest BCUT2D eigenvalue weighted by Crippen LogP contribution is 2.56. The van der Waals surface area contributed by atoms with E-state index in [4.69, 9.17) is 22.1 Å². The average Bonchev–Trinajstić information content (AvgIpc) is 3.44. The standard InChI is InChI=1S/C18H18ClF2N3O2/c19-12-13-7(15(25)16-17(26-16)24(13)10-4-8(10)20)3-9(21)14(12)23-5-11(22)18(6-23)1-2-18/h3,8,10-11,16-17H,1-2,4-6,22H2. The van der Waals surface area contributed by atoms with Crippen LogP contribution in [-0.2, 0) is 4.74 Å². The van der Waals surface area contributed by atoms with E-state index >= 15 is 0 Å². The number of Topliss-reactive ketones (excluding diaryl/α,β-unsaturated/α-hetero) is 1. The molecule has 3 aliphatic heterocycles. The smallest absolute Gasteiger partial charge is 0.198 e. The summed E-state index contributed by atoms with van der Waals surface area (Å²) in [4.78, 5) is 16.2. The van der Waals surface area contributed by atoms with E-state index in [0.29, 0.717) is 25.2 Å². The predicted molar refractivity (Wildman–Crippen MR) is 92.0 cm³/mol. The molecule has 5 aliphatic rings. The highest BCUT2D eigenvalue weighted by Gasteiger charge is 2.61. The van der Waals surface area contributed by atoms with Crippen molar-refractivity contribution in [3.63, 3.8) is 0 Å². The van der Waals surface area contributed by atoms with E-state index in [-0.39, 0.29) is 39.6 Å². The molecule has 138 valence electrons. The molecule has 3 heterocycles. The molecule has 0 bridgehead atoms. The predicted octanol–water partition coefficient (Wildman–Crippen LogP) is 2.24. The quantitative estimate of drug-likeness (QED) is 0.796. The van der Waals surface area contributed by atoms with E-state index < -0.39 is 24.3 Å². The molecule has 6 rings (SSSR count). The zero-order chi connectivity index (χ0) is 18.0. The van der Waals surface area contributed by atoms with Crippen LogP contribution in [0.2, 0.25) is 5.02 Å². The highest BCUT2D eigenvalue weighted by atomic mass is 35.5. The third-order valence-corrected chi connectivity index (χ3v) is 7.01. The van der Waals surface area contributed by atoms with Crippen molar-refractivity contribution in [3.05, 3.63) is 22.5 Å². The number of alkyl halides is 1. The number of rotatable bonds is 2. The van der Waals surface area contributed by atoms with Crippen molar-refractivity contribution in [2.24, 2.45) is 11.1 Å². The monoisotopic (exact) mass is 381 g/mol. The lowest BCUT2D eigenvalue weighted by Crippen LogP contribution is -2.39. The first kappa shape index (κ1) is 15.6. The number of carbonyl (C=O) groups is 1. The van der Waals surface area contributed by atoms with E-state index in [2.05, 4.69) is 0 Å². The van der Waals surface area contributed by atoms with Crippen molar-refractivity contribution in [1.82, 2.24) is 0 Å². The molecule has 0 radical (unpaired) electrons. The fraction of sp³-hybridized carbons (Fsp3) is 0.611. The minimum absolute atomic E-state index is 0.0125. The van der Waals surface area contributed by atoms with Crippen molar-refractivity contribution in [3.8, 4) is 0 Å². The Bertz CT molecular complexity index is 861. The van der Waals surface area contributed by atoms with Gasteiger partial charge in [-0.2, -0.15) is 0 Å². The summed E-state index contributed by atoms with van der Waals surface area (Å²) in [6.07, 6.45) is 0.380. The molecule has 1 spiro atoms. The number of ether oxygens (including phenoxy) is 1. The lowest BCUT2D eigenvalue weighted by molar-refractivity contribution is 0.0953. The number of ketones is 1. The molecular weight excluding hydrogens is 364 g/mol. The zero-order valence-corrected chi connectivity index (χ0v) is 14.7. The van der Waals surface area contributed by atoms with Crippen LogP contribution in [0.25, 0.3) is 0 Å². The minimum Gasteiger partial charge on any atom is -0.366 e. The second-order valence-electron chi connectivity index (χ2n) is 8.30. The first-order chi connectivity index (χ1) is 12.4. The van der Waals surface area contributed by atoms with Gasteiger partial charge in [0, 0.05) is 36.5 Å². The third-order valence-electron chi connectivity index (χ3n) is 6.65. The summed E-state index contributed by atoms with van der Waals surface area (Å²) in [5.74, 6) is -0.805. The third kappa shape index (κ3) is 1.89. The van der Waals surface area contributed by atoms with Gasteiger partial charge in [-0.1, -0.05) is 11.6 Å². The number of hydrogen-bond acceptors (Lipinski definition) is 5. The lowest BCUT2D eigenvalue weighted by atomic mass is 9.98. The minimum atomic E-state index is -0.972. The van der Waals surface area contributed by atoms with Gasteiger partial charge >= 0.3 is 0 Å². The Balaban J connectivity index is 1.48. The number of nitrogens with two attached hydrogens (primary N) is 1. The maximum atomic E-state index is 15.0. The molecule has 5 atom stereocenters. The van der Waals surface area contributed by atoms with E-state index in [1.807, 2.05) is 4.90 Å². The van der Waals surface area contributed by atoms with E-state index in [9.17, 15) is 13.6 Å². The number of nitrogens with zero attached hydrogens (tertiary/aromatic N) is 2. The molecule has 2 N–H and O–H groups in total. The largest absolute Gasteiger partial charge is 0.366 e. The molecule has 8 heteroatoms. The van der Waals surface area contributed by atoms with Gasteiger partial charge < -0.3 is 20.3 Å². The van der Waals surface area contributed by atoms with Crippen molar-refractivity contribution < 1.29 is 18.3 Å². The molecule has 1 aromatic rings. The van der Waals surface area contributed by atoms with Crippen molar-refractivity contribution in [2.45, 2.75) is 49.8 Å². The molecule has 26 heavy (non-hydrogen) atoms. The van der Waals surface area contributed by atoms with Gasteiger partial charge in [-0.3, -0.25) is 4.79 Å². The number of fused-ring (bicyclic) bond motifs is 2. The number of halogens is 3. The molecule has 2 aliphatic carbocycles. The van der Waals surface area contributed by atoms with Gasteiger partial charge in [0.15, 0.2) is 18.1 Å². The Kier molecular flexibility index (Phi) is 2.81. The van der Waals surface area contributed by atoms with Gasteiger partial charge in [-0.15, -0.1) is 0 Å². The van der Waals surface area contributed by atoms with Gasteiger partial charge in [0.1, 0.15) is 12.0 Å². The lowest BCUT2D eigenvalue weighted by Gasteiger charge is -2.31. The normalized spacial score (nSPS) is 38.5. The Morgan fingerprint density at radius 1 is 1.35 bits per heavy atom. The van der Waals surface area contributed by atoms with Gasteiger partial charge in [-0.25, -0.2) is 8.78 Å². The summed E-state index contributed by atoms with van der Waals surface area (Å²) in [5.41, 5.74) is 7.20. The first-order valence-corrected chi connectivity index (χ1v) is 9.44. The summed E-state index contributed by atoms with van der Waals surface area (Å²) in [7, 11) is 0. The van der Waals surface area contributed by atoms with Crippen molar-refractivity contribution >= 4 is 28.8 Å². The van der Waals surface area contributed by atoms with Crippen molar-refractivity contribution in [2.75, 3.05) is 22.9 Å². The molecule has 0 aromatic heterocycles. The van der Waals surface area contributed by atoms with E-state index in [1.54, 1.807) is 4.90 Å². The summed E-state index contributed by atoms with van der Waals surface area (Å²) >= 11 is 6.64. The summed E-state index contributed by atoms with van der Waals surface area (Å²) in [5, 5.41) is 0.173. The van der Waals surface area contributed by atoms with Crippen LogP contribution < -0.4 is 15.5 Å². The molecule has 2 saturated carbocycles. The number of hydrogen-bond donors (Lipinski definition) is 1. The Morgan fingerprint density at radius 2 is 2.08 bits per heavy atom. The zero-order valence-electron chi connectivity index (χ0n) is 13.9. The van der Waals surface area contributed by atoms with Crippen LogP contribution in [0.5, 0.6) is 0 Å². The van der Waals surface area contributed by atoms with Crippen LogP contribution in [0.1, 0.15) is 29.6 Å². The Morgan fingerprint density at radius 3 is 2.69 bits per heavy atom. The topological polar surface area (TPSA) is 62.1 Å². The van der Waals surface area contributed by atoms with Crippen LogP contribution in [-0.4, -0.2) is 49.5 Å². The molecule has 2 saturated heterocycles. The van der Waals surface area contributed by atoms with Gasteiger partial charge in [0.05, 0.1) is 22.4 Å². The maximum Gasteiger partial charge on any atom is 0.198 e. The van der Waals surface area contributed by atoms with Crippen LogP contribution in [0.4, 0.5) is 20.2 Å². The maximum absolute atomic E-state index is 15.0. The number of benzene rings is 1. The Labute approximate surface area is 154 Å². The van der Waals surface area contributed by atoms with Crippen LogP contribution in [0, 0.1) is 11.2 Å². The average molecular weight is 382 g/mol. The molecule has 0 amide bonds.